The van der Waals surface area contributed by atoms with Crippen LogP contribution in [0.15, 0.2) is 60.2 Å². The third-order valence-electron chi connectivity index (χ3n) is 3.56. The van der Waals surface area contributed by atoms with E-state index < -0.39 is 0 Å². The number of aromatic nitrogens is 3. The van der Waals surface area contributed by atoms with Gasteiger partial charge in [0.25, 0.3) is 0 Å². The number of hydrogen-bond donors (Lipinski definition) is 2. The lowest BCUT2D eigenvalue weighted by Gasteiger charge is -2.05. The Balaban J connectivity index is 2.01. The van der Waals surface area contributed by atoms with Crippen LogP contribution in [0.3, 0.4) is 0 Å². The van der Waals surface area contributed by atoms with Crippen molar-refractivity contribution in [2.75, 3.05) is 0 Å². The number of allylic oxidation sites excluding steroid dienone is 1. The highest BCUT2D eigenvalue weighted by Gasteiger charge is 2.09. The summed E-state index contributed by atoms with van der Waals surface area (Å²) in [7, 11) is 0. The van der Waals surface area contributed by atoms with Gasteiger partial charge in [-0.25, -0.2) is 5.10 Å². The molecule has 0 saturated carbocycles. The second kappa shape index (κ2) is 7.46. The lowest BCUT2D eigenvalue weighted by Crippen LogP contribution is -1.96. The maximum atomic E-state index is 10.3. The number of rotatable bonds is 5. The van der Waals surface area contributed by atoms with Crippen LogP contribution in [0.5, 0.6) is 5.75 Å². The molecule has 1 aromatic heterocycles. The second-order valence-electron chi connectivity index (χ2n) is 5.27. The zero-order valence-electron chi connectivity index (χ0n) is 13.2. The Labute approximate surface area is 154 Å². The summed E-state index contributed by atoms with van der Waals surface area (Å²) < 4.78 is 1.83. The number of hydrogen-bond acceptors (Lipinski definition) is 4. The van der Waals surface area contributed by atoms with Gasteiger partial charge in [-0.1, -0.05) is 41.9 Å². The number of nitrogens with zero attached hydrogens (tertiary/aromatic N) is 3. The van der Waals surface area contributed by atoms with E-state index in [0.29, 0.717) is 27.6 Å². The van der Waals surface area contributed by atoms with Crippen LogP contribution in [0.4, 0.5) is 0 Å². The Morgan fingerprint density at radius 1 is 1.32 bits per heavy atom. The summed E-state index contributed by atoms with van der Waals surface area (Å²) >= 11 is 11.3. The van der Waals surface area contributed by atoms with Crippen molar-refractivity contribution in [2.45, 2.75) is 6.42 Å². The first kappa shape index (κ1) is 17.1. The first-order valence-electron chi connectivity index (χ1n) is 7.49. The summed E-state index contributed by atoms with van der Waals surface area (Å²) in [6, 6.07) is 12.7. The summed E-state index contributed by atoms with van der Waals surface area (Å²) in [5.41, 5.74) is 2.14. The molecular formula is C18H15ClN4OS. The Hall–Kier alpha value is -2.70. The van der Waals surface area contributed by atoms with E-state index in [4.69, 9.17) is 23.8 Å². The highest BCUT2D eigenvalue weighted by Crippen LogP contribution is 2.23. The van der Waals surface area contributed by atoms with Gasteiger partial charge in [-0.05, 0) is 42.4 Å². The molecule has 0 unspecified atom stereocenters. The average Bonchev–Trinajstić information content (AvgIpc) is 2.97. The van der Waals surface area contributed by atoms with Gasteiger partial charge in [0.1, 0.15) is 5.75 Å². The van der Waals surface area contributed by atoms with Crippen LogP contribution in [0.2, 0.25) is 5.02 Å². The normalized spacial score (nSPS) is 11.1. The third-order valence-corrected chi connectivity index (χ3v) is 4.06. The van der Waals surface area contributed by atoms with Gasteiger partial charge in [0.2, 0.25) is 4.77 Å². The molecule has 0 bridgehead atoms. The zero-order valence-corrected chi connectivity index (χ0v) is 14.8. The van der Waals surface area contributed by atoms with Crippen LogP contribution in [-0.2, 0) is 6.42 Å². The van der Waals surface area contributed by atoms with Gasteiger partial charge in [-0.15, -0.1) is 6.58 Å². The number of phenolic OH excluding ortho intramolecular Hbond substituents is 1. The minimum Gasteiger partial charge on any atom is -0.507 e. The summed E-state index contributed by atoms with van der Waals surface area (Å²) in [6.45, 7) is 3.69. The van der Waals surface area contributed by atoms with Crippen molar-refractivity contribution >= 4 is 30.0 Å². The van der Waals surface area contributed by atoms with E-state index in [9.17, 15) is 5.11 Å². The molecule has 3 aromatic rings. The van der Waals surface area contributed by atoms with Crippen molar-refractivity contribution in [3.63, 3.8) is 0 Å². The molecule has 0 aliphatic carbocycles. The number of phenols is 1. The van der Waals surface area contributed by atoms with E-state index >= 15 is 0 Å². The largest absolute Gasteiger partial charge is 0.507 e. The van der Waals surface area contributed by atoms with E-state index in [1.807, 2.05) is 24.3 Å². The maximum absolute atomic E-state index is 10.3. The average molecular weight is 371 g/mol. The van der Waals surface area contributed by atoms with Crippen molar-refractivity contribution in [2.24, 2.45) is 5.10 Å². The highest BCUT2D eigenvalue weighted by atomic mass is 35.5. The fourth-order valence-electron chi connectivity index (χ4n) is 2.37. The SMILES string of the molecule is C=CCc1cccc(/C=N\n2c(-c3cccc(Cl)c3)n[nH]c2=S)c1O. The van der Waals surface area contributed by atoms with Crippen LogP contribution in [0, 0.1) is 4.77 Å². The van der Waals surface area contributed by atoms with Crippen LogP contribution in [-0.4, -0.2) is 26.2 Å². The predicted molar refractivity (Wildman–Crippen MR) is 103 cm³/mol. The quantitative estimate of drug-likeness (QED) is 0.392. The Morgan fingerprint density at radius 3 is 2.88 bits per heavy atom. The summed E-state index contributed by atoms with van der Waals surface area (Å²) in [4.78, 5) is 0. The molecule has 0 spiro atoms. The standard InChI is InChI=1S/C18H15ClN4OS/c1-2-5-12-6-3-8-14(16(12)24)11-20-23-17(21-22-18(23)25)13-7-4-9-15(19)10-13/h2-4,6-11,24H,1,5H2,(H,22,25)/b20-11-. The number of nitrogens with one attached hydrogen (secondary N) is 1. The molecule has 3 rings (SSSR count). The van der Waals surface area contributed by atoms with Gasteiger partial charge in [-0.2, -0.15) is 14.9 Å². The monoisotopic (exact) mass is 370 g/mol. The molecule has 1 heterocycles. The number of halogens is 1. The number of aromatic hydroxyl groups is 1. The van der Waals surface area contributed by atoms with Gasteiger partial charge in [0.05, 0.1) is 6.21 Å². The van der Waals surface area contributed by atoms with Gasteiger partial charge in [-0.3, -0.25) is 0 Å². The van der Waals surface area contributed by atoms with E-state index in [2.05, 4.69) is 21.9 Å². The fourth-order valence-corrected chi connectivity index (χ4v) is 2.74. The van der Waals surface area contributed by atoms with Crippen LogP contribution >= 0.6 is 23.8 Å². The number of para-hydroxylation sites is 1. The predicted octanol–water partition coefficient (Wildman–Crippen LogP) is 4.58. The first-order chi connectivity index (χ1) is 12.1. The van der Waals surface area contributed by atoms with Gasteiger partial charge >= 0.3 is 0 Å². The van der Waals surface area contributed by atoms with Gasteiger partial charge in [0, 0.05) is 16.1 Å². The molecule has 5 nitrogen and oxygen atoms in total. The van der Waals surface area contributed by atoms with E-state index in [1.54, 1.807) is 30.5 Å². The van der Waals surface area contributed by atoms with Crippen molar-refractivity contribution in [3.05, 3.63) is 76.0 Å². The molecule has 0 amide bonds. The first-order valence-corrected chi connectivity index (χ1v) is 8.28. The Bertz CT molecular complexity index is 1010. The molecular weight excluding hydrogens is 356 g/mol. The summed E-state index contributed by atoms with van der Waals surface area (Å²) in [6.07, 6.45) is 3.85. The maximum Gasteiger partial charge on any atom is 0.216 e. The highest BCUT2D eigenvalue weighted by molar-refractivity contribution is 7.71. The molecule has 0 atom stereocenters. The molecule has 2 aromatic carbocycles. The Morgan fingerprint density at radius 2 is 2.12 bits per heavy atom. The van der Waals surface area contributed by atoms with Crippen LogP contribution < -0.4 is 0 Å². The lowest BCUT2D eigenvalue weighted by atomic mass is 10.1. The molecule has 25 heavy (non-hydrogen) atoms. The minimum absolute atomic E-state index is 0.172. The van der Waals surface area contributed by atoms with Crippen LogP contribution in [0.1, 0.15) is 11.1 Å². The lowest BCUT2D eigenvalue weighted by molar-refractivity contribution is 0.469. The molecule has 0 radical (unpaired) electrons. The van der Waals surface area contributed by atoms with E-state index in [1.165, 1.54) is 4.68 Å². The van der Waals surface area contributed by atoms with Gasteiger partial charge < -0.3 is 5.11 Å². The second-order valence-corrected chi connectivity index (χ2v) is 6.09. The zero-order chi connectivity index (χ0) is 17.8. The van der Waals surface area contributed by atoms with Crippen molar-refractivity contribution in [3.8, 4) is 17.1 Å². The van der Waals surface area contributed by atoms with Crippen LogP contribution in [0.25, 0.3) is 11.4 Å². The van der Waals surface area contributed by atoms with Crippen molar-refractivity contribution in [1.29, 1.82) is 0 Å². The fraction of sp³-hybridized carbons (Fsp3) is 0.0556. The minimum atomic E-state index is 0.172. The molecule has 126 valence electrons. The molecule has 0 aliphatic rings. The van der Waals surface area contributed by atoms with E-state index in [-0.39, 0.29) is 5.75 Å². The molecule has 7 heteroatoms. The molecule has 2 N–H and O–H groups in total. The van der Waals surface area contributed by atoms with E-state index in [0.717, 1.165) is 11.1 Å². The number of benzene rings is 2. The molecule has 0 fully saturated rings. The summed E-state index contributed by atoms with van der Waals surface area (Å²) in [5, 5.41) is 22.2. The number of H-pyrrole nitrogens is 1. The topological polar surface area (TPSA) is 66.2 Å². The molecule has 0 aliphatic heterocycles. The number of aromatic amines is 1. The Kier molecular flexibility index (Phi) is 5.11. The van der Waals surface area contributed by atoms with Crippen molar-refractivity contribution in [1.82, 2.24) is 14.9 Å². The van der Waals surface area contributed by atoms with Gasteiger partial charge in [0.15, 0.2) is 5.82 Å². The molecule has 0 saturated heterocycles. The summed E-state index contributed by atoms with van der Waals surface area (Å²) in [5.74, 6) is 0.705. The third kappa shape index (κ3) is 3.70. The van der Waals surface area contributed by atoms with Crippen molar-refractivity contribution < 1.29 is 5.11 Å². The smallest absolute Gasteiger partial charge is 0.216 e.